The highest BCUT2D eigenvalue weighted by Crippen LogP contribution is 2.11. The molecule has 0 aliphatic rings. The van der Waals surface area contributed by atoms with E-state index >= 15 is 0 Å². The number of nitrogens with one attached hydrogen (secondary N) is 1. The summed E-state index contributed by atoms with van der Waals surface area (Å²) in [6.07, 6.45) is 25.4. The number of rotatable bonds is 31. The summed E-state index contributed by atoms with van der Waals surface area (Å²) >= 11 is 0. The Morgan fingerprint density at radius 1 is 0.682 bits per heavy atom. The molecule has 0 aromatic carbocycles. The van der Waals surface area contributed by atoms with E-state index in [9.17, 15) is 22.6 Å². The predicted octanol–water partition coefficient (Wildman–Crippen LogP) is 6.98. The van der Waals surface area contributed by atoms with Crippen LogP contribution in [0.4, 0.5) is 0 Å². The maximum absolute atomic E-state index is 11.7. The van der Waals surface area contributed by atoms with Gasteiger partial charge >= 0.3 is 5.97 Å². The minimum atomic E-state index is -4.57. The second-order valence-electron chi connectivity index (χ2n) is 12.5. The Hall–Kier alpha value is -1.27. The van der Waals surface area contributed by atoms with Gasteiger partial charge in [-0.25, -0.2) is 13.2 Å². The molecule has 0 bridgehead atoms. The van der Waals surface area contributed by atoms with Crippen molar-refractivity contribution in [2.24, 2.45) is 0 Å². The van der Waals surface area contributed by atoms with Crippen molar-refractivity contribution in [1.82, 2.24) is 5.32 Å². The first-order valence-electron chi connectivity index (χ1n) is 17.4. The van der Waals surface area contributed by atoms with E-state index in [1.165, 1.54) is 96.3 Å². The molecule has 0 aromatic rings. The molecule has 0 aromatic heterocycles. The fourth-order valence-corrected chi connectivity index (χ4v) is 5.13. The van der Waals surface area contributed by atoms with Crippen LogP contribution in [0, 0.1) is 0 Å². The maximum Gasteiger partial charge on any atom is 0.359 e. The lowest BCUT2D eigenvalue weighted by atomic mass is 10.1. The average molecular weight is 653 g/mol. The van der Waals surface area contributed by atoms with Crippen LogP contribution >= 0.6 is 0 Å². The van der Waals surface area contributed by atoms with Crippen LogP contribution in [0.3, 0.4) is 0 Å². The molecule has 0 aliphatic carbocycles. The van der Waals surface area contributed by atoms with Crippen LogP contribution in [0.1, 0.15) is 149 Å². The number of aliphatic carboxylic acids is 1. The van der Waals surface area contributed by atoms with Crippen molar-refractivity contribution in [3.8, 4) is 0 Å². The topological polar surface area (TPSA) is 142 Å². The largest absolute Gasteiger partial charge is 0.726 e. The summed E-state index contributed by atoms with van der Waals surface area (Å²) in [6, 6.07) is 0. The Labute approximate surface area is 270 Å². The SMILES string of the molecule is CCCCCCCCCCCC(=O)NCCC[N+](C)(C)CC(=O)O.CCCCCCCCCCCCOCCOS(=O)(=O)[O-]. The molecule has 0 radical (unpaired) electrons. The van der Waals surface area contributed by atoms with Crippen LogP contribution in [-0.4, -0.2) is 88.0 Å². The fourth-order valence-electron chi connectivity index (χ4n) is 4.85. The number of carbonyl (C=O) groups is 2. The van der Waals surface area contributed by atoms with Gasteiger partial charge in [-0.05, 0) is 12.8 Å². The van der Waals surface area contributed by atoms with E-state index in [2.05, 4.69) is 23.3 Å². The number of nitrogens with zero attached hydrogens (tertiary/aromatic N) is 1. The number of amides is 1. The molecule has 0 fully saturated rings. The van der Waals surface area contributed by atoms with Crippen LogP contribution < -0.4 is 5.32 Å². The smallest absolute Gasteiger partial charge is 0.359 e. The van der Waals surface area contributed by atoms with E-state index in [0.717, 1.165) is 38.6 Å². The predicted molar refractivity (Wildman–Crippen MR) is 177 cm³/mol. The summed E-state index contributed by atoms with van der Waals surface area (Å²) < 4.78 is 40.0. The molecule has 0 spiro atoms. The average Bonchev–Trinajstić information content (AvgIpc) is 2.94. The highest BCUT2D eigenvalue weighted by molar-refractivity contribution is 7.80. The van der Waals surface area contributed by atoms with Gasteiger partial charge in [0.05, 0.1) is 33.9 Å². The zero-order chi connectivity index (χ0) is 33.4. The summed E-state index contributed by atoms with van der Waals surface area (Å²) in [5.74, 6) is -0.657. The van der Waals surface area contributed by atoms with Crippen LogP contribution in [0.25, 0.3) is 0 Å². The Kier molecular flexibility index (Phi) is 32.3. The number of hydrogen-bond acceptors (Lipinski definition) is 7. The summed E-state index contributed by atoms with van der Waals surface area (Å²) in [6.45, 7) is 6.53. The van der Waals surface area contributed by atoms with Crippen LogP contribution in [0.15, 0.2) is 0 Å². The third kappa shape index (κ3) is 40.7. The number of carbonyl (C=O) groups excluding carboxylic acids is 1. The number of quaternary nitrogens is 1. The summed E-state index contributed by atoms with van der Waals surface area (Å²) in [5, 5.41) is 11.8. The van der Waals surface area contributed by atoms with Crippen molar-refractivity contribution in [3.05, 3.63) is 0 Å². The van der Waals surface area contributed by atoms with E-state index in [-0.39, 0.29) is 25.7 Å². The molecule has 10 nitrogen and oxygen atoms in total. The number of likely N-dealkylation sites (N-methyl/N-ethyl adjacent to an activating group) is 1. The third-order valence-electron chi connectivity index (χ3n) is 7.43. The molecule has 0 rings (SSSR count). The minimum Gasteiger partial charge on any atom is -0.726 e. The van der Waals surface area contributed by atoms with Crippen LogP contribution in [-0.2, 0) is 28.9 Å². The molecule has 0 heterocycles. The van der Waals surface area contributed by atoms with Gasteiger partial charge in [-0.3, -0.25) is 8.98 Å². The fraction of sp³-hybridized carbons (Fsp3) is 0.939. The second-order valence-corrected chi connectivity index (χ2v) is 13.6. The summed E-state index contributed by atoms with van der Waals surface area (Å²) in [7, 11) is -0.768. The standard InChI is InChI=1S/C19H38N2O3.C14H30O5S/c1-4-5-6-7-8-9-10-11-12-14-18(22)20-15-13-16-21(2,3)17-19(23)24;1-2-3-4-5-6-7-8-9-10-11-12-18-13-14-19-20(15,16)17/h4-17H2,1-3H3,(H-,20,22,23,24);2-14H2,1H3,(H,15,16,17). The molecule has 264 valence electrons. The van der Waals surface area contributed by atoms with Crippen molar-refractivity contribution >= 4 is 22.3 Å². The molecule has 44 heavy (non-hydrogen) atoms. The Balaban J connectivity index is 0. The van der Waals surface area contributed by atoms with Crippen LogP contribution in [0.5, 0.6) is 0 Å². The number of hydrogen-bond donors (Lipinski definition) is 2. The van der Waals surface area contributed by atoms with Crippen molar-refractivity contribution in [1.29, 1.82) is 0 Å². The molecule has 0 unspecified atom stereocenters. The van der Waals surface area contributed by atoms with Gasteiger partial charge in [-0.1, -0.05) is 123 Å². The van der Waals surface area contributed by atoms with E-state index in [0.29, 0.717) is 24.1 Å². The zero-order valence-electron chi connectivity index (χ0n) is 28.8. The van der Waals surface area contributed by atoms with Gasteiger partial charge in [-0.2, -0.15) is 0 Å². The first-order chi connectivity index (χ1) is 20.9. The summed E-state index contributed by atoms with van der Waals surface area (Å²) in [4.78, 5) is 22.5. The number of ether oxygens (including phenoxy) is 1. The molecule has 0 saturated heterocycles. The van der Waals surface area contributed by atoms with Gasteiger partial charge in [0.15, 0.2) is 6.54 Å². The molecule has 2 N–H and O–H groups in total. The first-order valence-corrected chi connectivity index (χ1v) is 18.7. The highest BCUT2D eigenvalue weighted by atomic mass is 32.3. The minimum absolute atomic E-state index is 0.117. The highest BCUT2D eigenvalue weighted by Gasteiger charge is 2.18. The van der Waals surface area contributed by atoms with E-state index < -0.39 is 16.4 Å². The van der Waals surface area contributed by atoms with Crippen molar-refractivity contribution in [2.75, 3.05) is 53.6 Å². The number of unbranched alkanes of at least 4 members (excludes halogenated alkanes) is 17. The Morgan fingerprint density at radius 2 is 1.14 bits per heavy atom. The van der Waals surface area contributed by atoms with E-state index in [4.69, 9.17) is 9.84 Å². The molecule has 0 saturated carbocycles. The number of carboxylic acid groups (broad SMARTS) is 1. The lowest BCUT2D eigenvalue weighted by molar-refractivity contribution is -0.883. The lowest BCUT2D eigenvalue weighted by Crippen LogP contribution is -2.45. The van der Waals surface area contributed by atoms with Crippen molar-refractivity contribution < 1.29 is 41.1 Å². The molecular formula is C33H68N2O8S. The van der Waals surface area contributed by atoms with E-state index in [1.807, 2.05) is 14.1 Å². The Bertz CT molecular complexity index is 763. The lowest BCUT2D eigenvalue weighted by Gasteiger charge is -2.27. The van der Waals surface area contributed by atoms with Crippen molar-refractivity contribution in [3.63, 3.8) is 0 Å². The second kappa shape index (κ2) is 31.7. The van der Waals surface area contributed by atoms with Gasteiger partial charge in [0.2, 0.25) is 16.3 Å². The Morgan fingerprint density at radius 3 is 1.59 bits per heavy atom. The first kappa shape index (κ1) is 44.9. The third-order valence-corrected chi connectivity index (χ3v) is 7.89. The maximum atomic E-state index is 11.7. The summed E-state index contributed by atoms with van der Waals surface area (Å²) in [5.41, 5.74) is 0. The van der Waals surface area contributed by atoms with E-state index in [1.54, 1.807) is 0 Å². The molecular weight excluding hydrogens is 584 g/mol. The normalized spacial score (nSPS) is 11.7. The van der Waals surface area contributed by atoms with Gasteiger partial charge in [0.1, 0.15) is 0 Å². The van der Waals surface area contributed by atoms with Crippen LogP contribution in [0.2, 0.25) is 0 Å². The quantitative estimate of drug-likeness (QED) is 0.0354. The zero-order valence-corrected chi connectivity index (χ0v) is 29.6. The van der Waals surface area contributed by atoms with Gasteiger partial charge in [-0.15, -0.1) is 0 Å². The monoisotopic (exact) mass is 652 g/mol. The van der Waals surface area contributed by atoms with Gasteiger partial charge in [0, 0.05) is 26.0 Å². The molecule has 0 atom stereocenters. The number of carboxylic acids is 1. The molecule has 0 aliphatic heterocycles. The van der Waals surface area contributed by atoms with Gasteiger partial charge < -0.3 is 24.2 Å². The van der Waals surface area contributed by atoms with Crippen molar-refractivity contribution in [2.45, 2.75) is 149 Å². The molecule has 11 heteroatoms. The molecule has 1 amide bonds. The van der Waals surface area contributed by atoms with Gasteiger partial charge in [0.25, 0.3) is 0 Å².